The maximum atomic E-state index is 11.3. The molecular formula is C11H20O. The molecule has 70 valence electrons. The van der Waals surface area contributed by atoms with Gasteiger partial charge in [-0.1, -0.05) is 33.8 Å². The van der Waals surface area contributed by atoms with Crippen LogP contribution in [0.5, 0.6) is 0 Å². The Balaban J connectivity index is 3.65. The predicted octanol–water partition coefficient (Wildman–Crippen LogP) is 3.35. The van der Waals surface area contributed by atoms with E-state index in [0.29, 0.717) is 12.3 Å². The van der Waals surface area contributed by atoms with Crippen molar-refractivity contribution in [3.63, 3.8) is 0 Å². The summed E-state index contributed by atoms with van der Waals surface area (Å²) in [5, 5.41) is 0. The van der Waals surface area contributed by atoms with Gasteiger partial charge in [0.2, 0.25) is 0 Å². The van der Waals surface area contributed by atoms with Crippen molar-refractivity contribution in [1.82, 2.24) is 0 Å². The number of hydrogen-bond donors (Lipinski definition) is 0. The summed E-state index contributed by atoms with van der Waals surface area (Å²) in [6.45, 7) is 10.1. The summed E-state index contributed by atoms with van der Waals surface area (Å²) in [6, 6.07) is 0. The van der Waals surface area contributed by atoms with E-state index in [9.17, 15) is 4.79 Å². The number of allylic oxidation sites excluding steroid dienone is 1. The van der Waals surface area contributed by atoms with Crippen LogP contribution in [-0.2, 0) is 4.79 Å². The number of carbonyl (C=O) groups is 1. The van der Waals surface area contributed by atoms with Crippen molar-refractivity contribution >= 4 is 5.78 Å². The first-order valence-electron chi connectivity index (χ1n) is 4.78. The van der Waals surface area contributed by atoms with Crippen LogP contribution in [0.3, 0.4) is 0 Å². The van der Waals surface area contributed by atoms with Gasteiger partial charge in [0, 0.05) is 6.42 Å². The van der Waals surface area contributed by atoms with E-state index in [1.807, 2.05) is 0 Å². The smallest absolute Gasteiger partial charge is 0.158 e. The van der Waals surface area contributed by atoms with Crippen LogP contribution in [0.4, 0.5) is 0 Å². The van der Waals surface area contributed by atoms with E-state index < -0.39 is 0 Å². The molecular weight excluding hydrogens is 148 g/mol. The Labute approximate surface area is 75.9 Å². The molecule has 0 bridgehead atoms. The minimum absolute atomic E-state index is 0.255. The predicted molar refractivity (Wildman–Crippen MR) is 53.1 cm³/mol. The van der Waals surface area contributed by atoms with Crippen LogP contribution in [0.2, 0.25) is 0 Å². The Morgan fingerprint density at radius 2 is 1.92 bits per heavy atom. The van der Waals surface area contributed by atoms with Gasteiger partial charge in [-0.3, -0.25) is 4.79 Å². The zero-order valence-electron chi connectivity index (χ0n) is 8.52. The van der Waals surface area contributed by atoms with E-state index in [2.05, 4.69) is 27.4 Å². The lowest BCUT2D eigenvalue weighted by Gasteiger charge is -2.04. The lowest BCUT2D eigenvalue weighted by Crippen LogP contribution is -2.03. The molecule has 0 amide bonds. The number of ketones is 1. The van der Waals surface area contributed by atoms with E-state index >= 15 is 0 Å². The molecule has 12 heavy (non-hydrogen) atoms. The van der Waals surface area contributed by atoms with Gasteiger partial charge in [-0.2, -0.15) is 0 Å². The third kappa shape index (κ3) is 5.11. The molecule has 0 spiro atoms. The molecule has 0 heterocycles. The summed E-state index contributed by atoms with van der Waals surface area (Å²) >= 11 is 0. The minimum atomic E-state index is 0.255. The average molecular weight is 168 g/mol. The lowest BCUT2D eigenvalue weighted by molar-refractivity contribution is -0.115. The summed E-state index contributed by atoms with van der Waals surface area (Å²) in [5.74, 6) is 0.869. The summed E-state index contributed by atoms with van der Waals surface area (Å²) in [7, 11) is 0. The average Bonchev–Trinajstić information content (AvgIpc) is 2.00. The van der Waals surface area contributed by atoms with Crippen molar-refractivity contribution in [1.29, 1.82) is 0 Å². The fourth-order valence-electron chi connectivity index (χ4n) is 1.04. The van der Waals surface area contributed by atoms with E-state index in [4.69, 9.17) is 0 Å². The van der Waals surface area contributed by atoms with Crippen LogP contribution in [0.1, 0.15) is 46.5 Å². The highest BCUT2D eigenvalue weighted by Gasteiger charge is 2.06. The Kier molecular flexibility index (Phi) is 5.69. The molecule has 0 aliphatic heterocycles. The highest BCUT2D eigenvalue weighted by Crippen LogP contribution is 2.10. The van der Waals surface area contributed by atoms with Gasteiger partial charge in [0.15, 0.2) is 5.78 Å². The molecule has 0 rings (SSSR count). The molecule has 1 heteroatoms. The van der Waals surface area contributed by atoms with E-state index in [0.717, 1.165) is 24.8 Å². The number of carbonyl (C=O) groups excluding carboxylic acids is 1. The molecule has 0 fully saturated rings. The van der Waals surface area contributed by atoms with Crippen molar-refractivity contribution in [2.45, 2.75) is 46.5 Å². The highest BCUT2D eigenvalue weighted by atomic mass is 16.1. The Morgan fingerprint density at radius 1 is 1.33 bits per heavy atom. The molecule has 0 aliphatic carbocycles. The van der Waals surface area contributed by atoms with Crippen LogP contribution in [0.15, 0.2) is 12.2 Å². The van der Waals surface area contributed by atoms with Gasteiger partial charge in [-0.15, -0.1) is 0 Å². The fourth-order valence-corrected chi connectivity index (χ4v) is 1.04. The van der Waals surface area contributed by atoms with Crippen LogP contribution in [0.25, 0.3) is 0 Å². The van der Waals surface area contributed by atoms with Gasteiger partial charge in [0.05, 0.1) is 0 Å². The third-order valence-corrected chi connectivity index (χ3v) is 1.89. The Hall–Kier alpha value is -0.590. The fraction of sp³-hybridized carbons (Fsp3) is 0.727. The molecule has 0 saturated carbocycles. The molecule has 0 radical (unpaired) electrons. The molecule has 0 atom stereocenters. The standard InChI is InChI=1S/C11H20O/c1-5-6-10(4)11(12)8-7-9(2)3/h9H,4-8H2,1-3H3. The van der Waals surface area contributed by atoms with Gasteiger partial charge >= 0.3 is 0 Å². The van der Waals surface area contributed by atoms with Crippen molar-refractivity contribution in [3.05, 3.63) is 12.2 Å². The monoisotopic (exact) mass is 168 g/mol. The SMILES string of the molecule is C=C(CCC)C(=O)CCC(C)C. The second-order valence-electron chi connectivity index (χ2n) is 3.71. The van der Waals surface area contributed by atoms with Gasteiger partial charge in [0.1, 0.15) is 0 Å². The molecule has 0 aromatic heterocycles. The van der Waals surface area contributed by atoms with Gasteiger partial charge in [-0.05, 0) is 24.3 Å². The second kappa shape index (κ2) is 5.99. The molecule has 0 aliphatic rings. The number of hydrogen-bond acceptors (Lipinski definition) is 1. The summed E-state index contributed by atoms with van der Waals surface area (Å²) in [6.07, 6.45) is 3.54. The normalized spacial score (nSPS) is 10.3. The van der Waals surface area contributed by atoms with Crippen LogP contribution in [0, 0.1) is 5.92 Å². The van der Waals surface area contributed by atoms with Crippen LogP contribution in [-0.4, -0.2) is 5.78 Å². The minimum Gasteiger partial charge on any atom is -0.295 e. The quantitative estimate of drug-likeness (QED) is 0.556. The molecule has 0 saturated heterocycles. The highest BCUT2D eigenvalue weighted by molar-refractivity contribution is 5.94. The van der Waals surface area contributed by atoms with Crippen molar-refractivity contribution in [2.75, 3.05) is 0 Å². The third-order valence-electron chi connectivity index (χ3n) is 1.89. The van der Waals surface area contributed by atoms with Gasteiger partial charge in [0.25, 0.3) is 0 Å². The molecule has 0 aromatic rings. The van der Waals surface area contributed by atoms with Crippen molar-refractivity contribution in [2.24, 2.45) is 5.92 Å². The summed E-state index contributed by atoms with van der Waals surface area (Å²) in [5.41, 5.74) is 0.804. The lowest BCUT2D eigenvalue weighted by atomic mass is 10.00. The molecule has 0 N–H and O–H groups in total. The van der Waals surface area contributed by atoms with E-state index in [1.54, 1.807) is 0 Å². The first kappa shape index (κ1) is 11.4. The zero-order chi connectivity index (χ0) is 9.56. The van der Waals surface area contributed by atoms with Crippen LogP contribution < -0.4 is 0 Å². The topological polar surface area (TPSA) is 17.1 Å². The maximum absolute atomic E-state index is 11.3. The van der Waals surface area contributed by atoms with Crippen LogP contribution >= 0.6 is 0 Å². The van der Waals surface area contributed by atoms with Crippen molar-refractivity contribution < 1.29 is 4.79 Å². The first-order valence-corrected chi connectivity index (χ1v) is 4.78. The molecule has 0 aromatic carbocycles. The Bertz CT molecular complexity index is 156. The van der Waals surface area contributed by atoms with E-state index in [-0.39, 0.29) is 5.78 Å². The first-order chi connectivity index (χ1) is 5.57. The second-order valence-corrected chi connectivity index (χ2v) is 3.71. The number of Topliss-reactive ketones (excluding diaryl/α,β-unsaturated/α-hetero) is 1. The largest absolute Gasteiger partial charge is 0.295 e. The maximum Gasteiger partial charge on any atom is 0.158 e. The summed E-state index contributed by atoms with van der Waals surface area (Å²) < 4.78 is 0. The molecule has 0 unspecified atom stereocenters. The molecule has 1 nitrogen and oxygen atoms in total. The van der Waals surface area contributed by atoms with E-state index in [1.165, 1.54) is 0 Å². The Morgan fingerprint density at radius 3 is 2.33 bits per heavy atom. The van der Waals surface area contributed by atoms with Crippen molar-refractivity contribution in [3.8, 4) is 0 Å². The summed E-state index contributed by atoms with van der Waals surface area (Å²) in [4.78, 5) is 11.3. The van der Waals surface area contributed by atoms with Gasteiger partial charge < -0.3 is 0 Å². The zero-order valence-corrected chi connectivity index (χ0v) is 8.52. The number of rotatable bonds is 6. The van der Waals surface area contributed by atoms with Gasteiger partial charge in [-0.25, -0.2) is 0 Å².